The molecule has 5 aromatic carbocycles. The van der Waals surface area contributed by atoms with E-state index >= 15 is 4.79 Å². The van der Waals surface area contributed by atoms with Gasteiger partial charge in [0.05, 0.1) is 58.4 Å². The molecule has 10 rings (SSSR count). The highest BCUT2D eigenvalue weighted by atomic mass is 79.9. The highest BCUT2D eigenvalue weighted by molar-refractivity contribution is 9.10. The molecule has 14 heteroatoms. The van der Waals surface area contributed by atoms with Crippen molar-refractivity contribution in [2.24, 2.45) is 5.92 Å². The number of hydrogen-bond acceptors (Lipinski definition) is 9. The molecule has 2 spiro atoms. The predicted molar refractivity (Wildman–Crippen MR) is 267 cm³/mol. The van der Waals surface area contributed by atoms with Crippen LogP contribution >= 0.6 is 15.9 Å². The van der Waals surface area contributed by atoms with Crippen LogP contribution in [0.2, 0.25) is 18.6 Å². The van der Waals surface area contributed by atoms with Crippen molar-refractivity contribution in [2.75, 3.05) is 48.2 Å². The zero-order valence-electron chi connectivity index (χ0n) is 38.5. The minimum Gasteiger partial charge on any atom is -0.497 e. The summed E-state index contributed by atoms with van der Waals surface area (Å²) < 4.78 is 15.8. The van der Waals surface area contributed by atoms with E-state index in [1.807, 2.05) is 112 Å². The zero-order chi connectivity index (χ0) is 46.5. The minimum absolute atomic E-state index is 0.0218. The first kappa shape index (κ1) is 45.2. The first-order valence-corrected chi connectivity index (χ1v) is 27.3. The predicted octanol–water partition coefficient (Wildman–Crippen LogP) is 7.96. The second-order valence-electron chi connectivity index (χ2n) is 19.1. The van der Waals surface area contributed by atoms with Gasteiger partial charge in [-0.25, -0.2) is 0 Å². The van der Waals surface area contributed by atoms with Gasteiger partial charge in [-0.3, -0.25) is 19.2 Å². The Morgan fingerprint density at radius 3 is 2.33 bits per heavy atom. The number of aromatic nitrogens is 3. The third-order valence-corrected chi connectivity index (χ3v) is 20.1. The van der Waals surface area contributed by atoms with Crippen molar-refractivity contribution in [3.05, 3.63) is 160 Å². The fourth-order valence-corrected chi connectivity index (χ4v) is 16.2. The van der Waals surface area contributed by atoms with Crippen molar-refractivity contribution in [3.63, 3.8) is 0 Å². The largest absolute Gasteiger partial charge is 0.497 e. The Morgan fingerprint density at radius 1 is 0.896 bits per heavy atom. The Morgan fingerprint density at radius 2 is 1.61 bits per heavy atom. The van der Waals surface area contributed by atoms with Crippen LogP contribution in [0.4, 0.5) is 17.1 Å². The third kappa shape index (κ3) is 7.80. The first-order chi connectivity index (χ1) is 32.5. The number of carbonyl (C=O) groups is 2. The maximum atomic E-state index is 15.7. The van der Waals surface area contributed by atoms with Crippen molar-refractivity contribution in [1.29, 1.82) is 0 Å². The maximum Gasteiger partial charge on any atom is 0.264 e. The number of benzene rings is 5. The summed E-state index contributed by atoms with van der Waals surface area (Å²) in [5, 5.41) is 24.2. The van der Waals surface area contributed by atoms with Gasteiger partial charge in [0.15, 0.2) is 5.60 Å². The minimum atomic E-state index is -2.43. The van der Waals surface area contributed by atoms with E-state index in [-0.39, 0.29) is 41.9 Å². The van der Waals surface area contributed by atoms with Crippen LogP contribution in [0, 0.1) is 5.92 Å². The van der Waals surface area contributed by atoms with Crippen LogP contribution in [0.5, 0.6) is 5.75 Å². The number of carbonyl (C=O) groups excluding carboxylic acids is 2. The Kier molecular flexibility index (Phi) is 12.2. The summed E-state index contributed by atoms with van der Waals surface area (Å²) in [5.41, 5.74) is 4.29. The number of methoxy groups -OCH3 is 1. The molecule has 0 saturated carbocycles. The molecule has 5 heterocycles. The molecule has 4 aliphatic rings. The molecule has 1 aromatic heterocycles. The molecule has 12 nitrogen and oxygen atoms in total. The van der Waals surface area contributed by atoms with E-state index < -0.39 is 19.2 Å². The number of rotatable bonds is 13. The summed E-state index contributed by atoms with van der Waals surface area (Å²) in [4.78, 5) is 36.5. The SMILES string of the molecule is COc1ccc([Si](C)(C)[C@H]2[C@H](CCn3cc(C(CO)c4ccccc4)nn3)O[C@@]3(C(=O)N(Cc4cccc(N5CN(c6ccccc6)C6(CCNCC6)C5=O)c4)c4ccc(Br)cc43)[C@@H]2C)cc1. The molecule has 6 aromatic rings. The van der Waals surface area contributed by atoms with Gasteiger partial charge in [0.1, 0.15) is 11.3 Å². The molecular weight excluding hydrogens is 923 g/mol. The van der Waals surface area contributed by atoms with Crippen LogP contribution in [0.25, 0.3) is 0 Å². The number of fused-ring (bicyclic) bond motifs is 2. The van der Waals surface area contributed by atoms with Gasteiger partial charge in [-0.05, 0) is 104 Å². The standard InChI is InChI=1S/C53H58BrN7O5Si/c1-36-49(67(3,4)43-21-19-42(65-2)20-22-43)48(24-29-58-33-46(56-57-58)44(34-62)38-13-7-5-8-14-38)66-53(36)45-31-39(54)18-23-47(45)59(51(53)64)32-37-12-11-17-41(30-37)60-35-61(40-15-9-6-10-16-40)52(50(60)63)25-27-55-28-26-52/h5-23,30-31,33,36,44,48-49,55,62H,24-29,32,34-35H2,1-4H3/t36-,44?,48+,49-,53+/m1/s1. The number of ether oxygens (including phenoxy) is 2. The third-order valence-electron chi connectivity index (χ3n) is 15.2. The molecule has 0 bridgehead atoms. The van der Waals surface area contributed by atoms with E-state index in [2.05, 4.69) is 92.9 Å². The van der Waals surface area contributed by atoms with Gasteiger partial charge in [0.25, 0.3) is 11.8 Å². The lowest BCUT2D eigenvalue weighted by molar-refractivity contribution is -0.146. The van der Waals surface area contributed by atoms with Crippen LogP contribution in [0.15, 0.2) is 138 Å². The number of amides is 2. The smallest absolute Gasteiger partial charge is 0.264 e. The van der Waals surface area contributed by atoms with Gasteiger partial charge in [-0.2, -0.15) is 0 Å². The van der Waals surface area contributed by atoms with Crippen LogP contribution < -0.4 is 29.9 Å². The number of para-hydroxylation sites is 1. The van der Waals surface area contributed by atoms with Crippen molar-refractivity contribution in [3.8, 4) is 5.75 Å². The van der Waals surface area contributed by atoms with Gasteiger partial charge >= 0.3 is 0 Å². The van der Waals surface area contributed by atoms with E-state index in [0.29, 0.717) is 31.9 Å². The fraction of sp³-hybridized carbons (Fsp3) is 0.358. The van der Waals surface area contributed by atoms with E-state index in [9.17, 15) is 9.90 Å². The van der Waals surface area contributed by atoms with Crippen molar-refractivity contribution in [2.45, 2.75) is 81.1 Å². The van der Waals surface area contributed by atoms with Crippen LogP contribution in [-0.4, -0.2) is 85.1 Å². The number of halogens is 1. The number of aliphatic hydroxyl groups excluding tert-OH is 1. The Labute approximate surface area is 402 Å². The van der Waals surface area contributed by atoms with Crippen molar-refractivity contribution >= 4 is 58.1 Å². The molecule has 0 aliphatic carbocycles. The molecular formula is C53H58BrN7O5Si. The average molecular weight is 981 g/mol. The second-order valence-corrected chi connectivity index (χ2v) is 24.7. The lowest BCUT2D eigenvalue weighted by atomic mass is 9.82. The van der Waals surface area contributed by atoms with Gasteiger partial charge in [0.2, 0.25) is 0 Å². The summed E-state index contributed by atoms with van der Waals surface area (Å²) in [7, 11) is -0.744. The number of aryl methyl sites for hydroxylation is 1. The molecule has 3 fully saturated rings. The molecule has 1 unspecified atom stereocenters. The number of hydrogen-bond donors (Lipinski definition) is 2. The molecule has 4 aliphatic heterocycles. The number of nitrogens with one attached hydrogen (secondary N) is 1. The molecule has 2 N–H and O–H groups in total. The summed E-state index contributed by atoms with van der Waals surface area (Å²) >= 11 is 3.77. The summed E-state index contributed by atoms with van der Waals surface area (Å²) in [5.74, 6) is 0.339. The van der Waals surface area contributed by atoms with Crippen LogP contribution in [0.1, 0.15) is 54.5 Å². The quantitative estimate of drug-likeness (QED) is 0.111. The topological polar surface area (TPSA) is 125 Å². The van der Waals surface area contributed by atoms with Crippen LogP contribution in [-0.2, 0) is 33.0 Å². The fourth-order valence-electron chi connectivity index (χ4n) is 11.8. The number of nitrogens with zero attached hydrogens (tertiary/aromatic N) is 6. The first-order valence-electron chi connectivity index (χ1n) is 23.4. The summed E-state index contributed by atoms with van der Waals surface area (Å²) in [6.07, 6.45) is 3.67. The van der Waals surface area contributed by atoms with Gasteiger partial charge in [-0.15, -0.1) is 5.10 Å². The normalized spacial score (nSPS) is 22.8. The molecule has 5 atom stereocenters. The lowest BCUT2D eigenvalue weighted by Crippen LogP contribution is -2.55. The monoisotopic (exact) mass is 979 g/mol. The van der Waals surface area contributed by atoms with E-state index in [1.165, 1.54) is 5.19 Å². The maximum absolute atomic E-state index is 15.7. The van der Waals surface area contributed by atoms with Crippen molar-refractivity contribution < 1.29 is 24.2 Å². The van der Waals surface area contributed by atoms with Gasteiger partial charge < -0.3 is 29.7 Å². The van der Waals surface area contributed by atoms with Crippen LogP contribution in [0.3, 0.4) is 0 Å². The van der Waals surface area contributed by atoms with Crippen molar-refractivity contribution in [1.82, 2.24) is 20.3 Å². The molecule has 346 valence electrons. The van der Waals surface area contributed by atoms with Gasteiger partial charge in [-0.1, -0.05) is 119 Å². The number of piperidine rings is 1. The van der Waals surface area contributed by atoms with E-state index in [0.717, 1.165) is 69.9 Å². The average Bonchev–Trinajstić information content (AvgIpc) is 4.08. The second kappa shape index (κ2) is 18.1. The highest BCUT2D eigenvalue weighted by Crippen LogP contribution is 2.60. The number of aliphatic hydroxyl groups is 1. The molecule has 0 radical (unpaired) electrons. The Balaban J connectivity index is 0.974. The zero-order valence-corrected chi connectivity index (χ0v) is 41.1. The van der Waals surface area contributed by atoms with E-state index in [1.54, 1.807) is 7.11 Å². The summed E-state index contributed by atoms with van der Waals surface area (Å²) in [6.45, 7) is 9.73. The molecule has 3 saturated heterocycles. The van der Waals surface area contributed by atoms with Gasteiger partial charge in [0, 0.05) is 40.1 Å². The Bertz CT molecular complexity index is 2750. The highest BCUT2D eigenvalue weighted by Gasteiger charge is 2.66. The summed E-state index contributed by atoms with van der Waals surface area (Å²) in [6, 6.07) is 42.8. The molecule has 67 heavy (non-hydrogen) atoms. The lowest BCUT2D eigenvalue weighted by Gasteiger charge is -2.39. The molecule has 2 amide bonds. The Hall–Kier alpha value is -5.64. The number of anilines is 3. The van der Waals surface area contributed by atoms with E-state index in [4.69, 9.17) is 9.47 Å².